The van der Waals surface area contributed by atoms with E-state index in [1.165, 1.54) is 19.1 Å². The minimum absolute atomic E-state index is 0.0456. The van der Waals surface area contributed by atoms with Gasteiger partial charge in [0.25, 0.3) is 0 Å². The van der Waals surface area contributed by atoms with Gasteiger partial charge >= 0.3 is 0 Å². The maximum atomic E-state index is 12.4. The predicted octanol–water partition coefficient (Wildman–Crippen LogP) is 8.60. The van der Waals surface area contributed by atoms with Crippen LogP contribution >= 0.6 is 0 Å². The Balaban J connectivity index is 2.32. The molecule has 0 bridgehead atoms. The Labute approximate surface area is 224 Å². The average Bonchev–Trinajstić information content (AvgIpc) is 2.76. The second-order valence-electron chi connectivity index (χ2n) is 16.1. The summed E-state index contributed by atoms with van der Waals surface area (Å²) in [6.45, 7) is 25.4. The Morgan fingerprint density at radius 1 is 0.917 bits per heavy atom. The van der Waals surface area contributed by atoms with Gasteiger partial charge in [-0.1, -0.05) is 75.7 Å². The molecule has 0 aromatic heterocycles. The summed E-state index contributed by atoms with van der Waals surface area (Å²) in [5.41, 5.74) is 0.117. The zero-order chi connectivity index (χ0) is 27.8. The molecule has 212 valence electrons. The van der Waals surface area contributed by atoms with E-state index < -0.39 is 0 Å². The molecular weight excluding hydrogens is 444 g/mol. The van der Waals surface area contributed by atoms with Crippen molar-refractivity contribution in [2.75, 3.05) is 0 Å². The molecule has 0 radical (unpaired) electrons. The molecule has 3 nitrogen and oxygen atoms in total. The van der Waals surface area contributed by atoms with Crippen LogP contribution < -0.4 is 0 Å². The lowest BCUT2D eigenvalue weighted by atomic mass is 9.38. The highest BCUT2D eigenvalue weighted by atomic mass is 16.3. The molecule has 0 aromatic rings. The predicted molar refractivity (Wildman–Crippen MR) is 153 cm³/mol. The third-order valence-electron chi connectivity index (χ3n) is 12.1. The van der Waals surface area contributed by atoms with Gasteiger partial charge < -0.3 is 15.0 Å². The summed E-state index contributed by atoms with van der Waals surface area (Å²) < 4.78 is 0. The molecule has 2 N–H and O–H groups in total. The van der Waals surface area contributed by atoms with E-state index in [9.17, 15) is 15.0 Å². The molecule has 0 aliphatic heterocycles. The van der Waals surface area contributed by atoms with Gasteiger partial charge in [-0.15, -0.1) is 0 Å². The zero-order valence-electron chi connectivity index (χ0n) is 26.0. The fourth-order valence-corrected chi connectivity index (χ4v) is 8.77. The van der Waals surface area contributed by atoms with Crippen LogP contribution in [-0.4, -0.2) is 28.7 Å². The number of hydrogen-bond acceptors (Lipinski definition) is 3. The van der Waals surface area contributed by atoms with E-state index in [1.807, 2.05) is 6.92 Å². The molecule has 2 saturated carbocycles. The number of fused-ring (bicyclic) bond motifs is 1. The van der Waals surface area contributed by atoms with Gasteiger partial charge in [0.1, 0.15) is 6.29 Å². The summed E-state index contributed by atoms with van der Waals surface area (Å²) >= 11 is 0. The van der Waals surface area contributed by atoms with Crippen molar-refractivity contribution in [3.05, 3.63) is 0 Å². The molecule has 2 aliphatic carbocycles. The van der Waals surface area contributed by atoms with E-state index in [1.54, 1.807) is 0 Å². The van der Waals surface area contributed by atoms with E-state index in [0.29, 0.717) is 11.8 Å². The first kappa shape index (κ1) is 31.8. The van der Waals surface area contributed by atoms with Gasteiger partial charge in [-0.05, 0) is 110 Å². The van der Waals surface area contributed by atoms with Gasteiger partial charge in [0.15, 0.2) is 0 Å². The first-order valence-electron chi connectivity index (χ1n) is 15.1. The number of carbonyl (C=O) groups excluding carboxylic acids is 1. The van der Waals surface area contributed by atoms with Crippen LogP contribution in [0.2, 0.25) is 0 Å². The van der Waals surface area contributed by atoms with Crippen molar-refractivity contribution >= 4 is 6.29 Å². The van der Waals surface area contributed by atoms with Crippen LogP contribution in [0.4, 0.5) is 0 Å². The minimum atomic E-state index is -0.336. The molecular formula is C33H62O3. The molecule has 0 aromatic carbocycles. The Morgan fingerprint density at radius 3 is 2.03 bits per heavy atom. The van der Waals surface area contributed by atoms with Gasteiger partial charge in [-0.25, -0.2) is 0 Å². The molecule has 7 atom stereocenters. The maximum absolute atomic E-state index is 12.4. The molecule has 0 unspecified atom stereocenters. The number of rotatable bonds is 12. The molecule has 2 aliphatic rings. The third-order valence-corrected chi connectivity index (χ3v) is 12.1. The Morgan fingerprint density at radius 2 is 1.50 bits per heavy atom. The molecule has 3 heteroatoms. The summed E-state index contributed by atoms with van der Waals surface area (Å²) in [5.74, 6) is 0.846. The van der Waals surface area contributed by atoms with Crippen molar-refractivity contribution in [2.45, 2.75) is 159 Å². The normalized spacial score (nSPS) is 35.5. The van der Waals surface area contributed by atoms with Gasteiger partial charge in [0, 0.05) is 5.41 Å². The van der Waals surface area contributed by atoms with Crippen LogP contribution in [0, 0.1) is 44.3 Å². The monoisotopic (exact) mass is 506 g/mol. The molecule has 2 rings (SSSR count). The van der Waals surface area contributed by atoms with E-state index in [0.717, 1.165) is 57.8 Å². The van der Waals surface area contributed by atoms with E-state index in [4.69, 9.17) is 0 Å². The first-order valence-corrected chi connectivity index (χ1v) is 15.1. The van der Waals surface area contributed by atoms with Crippen molar-refractivity contribution in [3.63, 3.8) is 0 Å². The molecule has 0 heterocycles. The fourth-order valence-electron chi connectivity index (χ4n) is 8.77. The zero-order valence-corrected chi connectivity index (χ0v) is 26.0. The lowest BCUT2D eigenvalue weighted by molar-refractivity contribution is -0.202. The van der Waals surface area contributed by atoms with E-state index in [-0.39, 0.29) is 44.7 Å². The Bertz CT molecular complexity index is 737. The SMILES string of the molecule is CCCC(C)(C)CC[C@](C)(C=O)CCC(C)(C)[C@]1(C)CC[C@H]2C(C)(C)[C@@H](O)CC[C@]2(C)[C@H]1C[C@H](C)O. The van der Waals surface area contributed by atoms with Crippen LogP contribution in [0.1, 0.15) is 147 Å². The molecule has 0 spiro atoms. The van der Waals surface area contributed by atoms with E-state index in [2.05, 4.69) is 69.2 Å². The third kappa shape index (κ3) is 6.24. The van der Waals surface area contributed by atoms with Crippen molar-refractivity contribution in [2.24, 2.45) is 44.3 Å². The average molecular weight is 507 g/mol. The molecule has 0 saturated heterocycles. The van der Waals surface area contributed by atoms with Gasteiger partial charge in [0.05, 0.1) is 12.2 Å². The quantitative estimate of drug-likeness (QED) is 0.261. The van der Waals surface area contributed by atoms with Gasteiger partial charge in [0.2, 0.25) is 0 Å². The van der Waals surface area contributed by atoms with Crippen LogP contribution in [-0.2, 0) is 4.79 Å². The second-order valence-corrected chi connectivity index (χ2v) is 16.1. The Kier molecular flexibility index (Phi) is 9.71. The number of aldehydes is 1. The summed E-state index contributed by atoms with van der Waals surface area (Å²) in [7, 11) is 0. The highest BCUT2D eigenvalue weighted by molar-refractivity contribution is 5.58. The highest BCUT2D eigenvalue weighted by Gasteiger charge is 2.63. The summed E-state index contributed by atoms with van der Waals surface area (Å²) in [6, 6.07) is 0. The van der Waals surface area contributed by atoms with Crippen molar-refractivity contribution < 1.29 is 15.0 Å². The number of aliphatic hydroxyl groups is 2. The van der Waals surface area contributed by atoms with Gasteiger partial charge in [-0.3, -0.25) is 0 Å². The smallest absolute Gasteiger partial charge is 0.125 e. The van der Waals surface area contributed by atoms with Gasteiger partial charge in [-0.2, -0.15) is 0 Å². The van der Waals surface area contributed by atoms with Crippen molar-refractivity contribution in [1.29, 1.82) is 0 Å². The topological polar surface area (TPSA) is 57.5 Å². The molecule has 2 fully saturated rings. The molecule has 36 heavy (non-hydrogen) atoms. The lowest BCUT2D eigenvalue weighted by Crippen LogP contribution is -2.61. The standard InChI is InChI=1S/C33H62O3/c1-12-15-28(3,4)18-20-31(9,23-34)21-19-29(5,6)33(11)17-13-25-30(7,8)27(36)14-16-32(25,10)26(33)22-24(2)35/h23-27,35-36H,12-22H2,1-11H3/t24-,25-,26+,27-,31-,32-,33+/m0/s1. The van der Waals surface area contributed by atoms with Crippen LogP contribution in [0.3, 0.4) is 0 Å². The van der Waals surface area contributed by atoms with Crippen LogP contribution in [0.25, 0.3) is 0 Å². The largest absolute Gasteiger partial charge is 0.393 e. The first-order chi connectivity index (χ1) is 16.3. The Hall–Kier alpha value is -0.410. The summed E-state index contributed by atoms with van der Waals surface area (Å²) in [4.78, 5) is 12.4. The van der Waals surface area contributed by atoms with E-state index >= 15 is 0 Å². The second kappa shape index (κ2) is 11.0. The molecule has 0 amide bonds. The maximum Gasteiger partial charge on any atom is 0.125 e. The lowest BCUT2D eigenvalue weighted by Gasteiger charge is -2.67. The van der Waals surface area contributed by atoms with Crippen molar-refractivity contribution in [3.8, 4) is 0 Å². The number of carbonyl (C=O) groups is 1. The number of aliphatic hydroxyl groups excluding tert-OH is 2. The van der Waals surface area contributed by atoms with Crippen LogP contribution in [0.5, 0.6) is 0 Å². The summed E-state index contributed by atoms with van der Waals surface area (Å²) in [6.07, 6.45) is 12.0. The van der Waals surface area contributed by atoms with Crippen LogP contribution in [0.15, 0.2) is 0 Å². The minimum Gasteiger partial charge on any atom is -0.393 e. The highest BCUT2D eigenvalue weighted by Crippen LogP contribution is 2.69. The fraction of sp³-hybridized carbons (Fsp3) is 0.970. The summed E-state index contributed by atoms with van der Waals surface area (Å²) in [5, 5.41) is 21.6. The number of hydrogen-bond donors (Lipinski definition) is 2. The van der Waals surface area contributed by atoms with Crippen molar-refractivity contribution in [1.82, 2.24) is 0 Å².